The summed E-state index contributed by atoms with van der Waals surface area (Å²) in [5.74, 6) is -1.06. The van der Waals surface area contributed by atoms with Gasteiger partial charge < -0.3 is 21.1 Å². The molecule has 7 heteroatoms. The first-order valence-corrected chi connectivity index (χ1v) is 7.35. The average molecular weight is 299 g/mol. The molecule has 0 spiro atoms. The highest BCUT2D eigenvalue weighted by molar-refractivity contribution is 5.83. The molecule has 0 aromatic heterocycles. The van der Waals surface area contributed by atoms with E-state index in [-0.39, 0.29) is 18.9 Å². The Bertz CT molecular complexity index is 392. The quantitative estimate of drug-likeness (QED) is 0.677. The van der Waals surface area contributed by atoms with Crippen LogP contribution in [-0.4, -0.2) is 47.0 Å². The van der Waals surface area contributed by atoms with Gasteiger partial charge in [-0.25, -0.2) is 9.59 Å². The molecule has 4 N–H and O–H groups in total. The van der Waals surface area contributed by atoms with E-state index in [1.807, 2.05) is 0 Å². The topological polar surface area (TPSA) is 113 Å². The van der Waals surface area contributed by atoms with Gasteiger partial charge in [0.1, 0.15) is 6.04 Å². The van der Waals surface area contributed by atoms with Crippen molar-refractivity contribution < 1.29 is 19.5 Å². The molecule has 1 rings (SSSR count). The van der Waals surface area contributed by atoms with Crippen molar-refractivity contribution in [3.63, 3.8) is 0 Å². The maximum absolute atomic E-state index is 12.1. The first kappa shape index (κ1) is 17.3. The number of carbonyl (C=O) groups is 3. The van der Waals surface area contributed by atoms with E-state index in [2.05, 4.69) is 12.2 Å². The number of rotatable bonds is 6. The van der Waals surface area contributed by atoms with Crippen LogP contribution in [0.1, 0.15) is 45.4 Å². The molecule has 1 fully saturated rings. The van der Waals surface area contributed by atoms with Gasteiger partial charge in [0, 0.05) is 19.5 Å². The maximum Gasteiger partial charge on any atom is 0.326 e. The molecule has 1 atom stereocenters. The SMILES string of the molecule is CC1CCC(N(C)C(=O)NC(CCC(N)=O)C(=O)O)CC1. The number of carboxylic acids is 1. The summed E-state index contributed by atoms with van der Waals surface area (Å²) in [6.45, 7) is 2.20. The van der Waals surface area contributed by atoms with Crippen LogP contribution in [0.25, 0.3) is 0 Å². The molecule has 0 bridgehead atoms. The predicted octanol–water partition coefficient (Wildman–Crippen LogP) is 0.925. The summed E-state index contributed by atoms with van der Waals surface area (Å²) in [6, 6.07) is -1.35. The summed E-state index contributed by atoms with van der Waals surface area (Å²) in [4.78, 5) is 35.5. The van der Waals surface area contributed by atoms with E-state index in [4.69, 9.17) is 10.8 Å². The van der Waals surface area contributed by atoms with Crippen LogP contribution in [0.4, 0.5) is 4.79 Å². The zero-order valence-electron chi connectivity index (χ0n) is 12.7. The van der Waals surface area contributed by atoms with E-state index in [1.165, 1.54) is 0 Å². The molecule has 0 aliphatic heterocycles. The number of carbonyl (C=O) groups excluding carboxylic acids is 2. The molecule has 120 valence electrons. The molecular weight excluding hydrogens is 274 g/mol. The monoisotopic (exact) mass is 299 g/mol. The number of nitrogens with zero attached hydrogens (tertiary/aromatic N) is 1. The van der Waals surface area contributed by atoms with Gasteiger partial charge >= 0.3 is 12.0 Å². The number of hydrogen-bond donors (Lipinski definition) is 3. The minimum Gasteiger partial charge on any atom is -0.480 e. The van der Waals surface area contributed by atoms with E-state index in [9.17, 15) is 14.4 Å². The Morgan fingerprint density at radius 1 is 1.29 bits per heavy atom. The summed E-state index contributed by atoms with van der Waals surface area (Å²) >= 11 is 0. The fourth-order valence-corrected chi connectivity index (χ4v) is 2.59. The van der Waals surface area contributed by atoms with Gasteiger partial charge in [0.05, 0.1) is 0 Å². The summed E-state index contributed by atoms with van der Waals surface area (Å²) in [5.41, 5.74) is 5.01. The first-order chi connectivity index (χ1) is 9.81. The van der Waals surface area contributed by atoms with Gasteiger partial charge in [0.2, 0.25) is 5.91 Å². The van der Waals surface area contributed by atoms with Crippen LogP contribution in [-0.2, 0) is 9.59 Å². The van der Waals surface area contributed by atoms with E-state index < -0.39 is 23.9 Å². The smallest absolute Gasteiger partial charge is 0.326 e. The Morgan fingerprint density at radius 3 is 2.33 bits per heavy atom. The third-order valence-electron chi connectivity index (χ3n) is 4.13. The minimum absolute atomic E-state index is 0.00590. The Labute approximate surface area is 124 Å². The van der Waals surface area contributed by atoms with E-state index in [1.54, 1.807) is 11.9 Å². The third kappa shape index (κ3) is 5.61. The van der Waals surface area contributed by atoms with Crippen LogP contribution in [0.15, 0.2) is 0 Å². The molecule has 0 aromatic rings. The van der Waals surface area contributed by atoms with E-state index in [0.29, 0.717) is 5.92 Å². The van der Waals surface area contributed by atoms with Crippen molar-refractivity contribution >= 4 is 17.9 Å². The Kier molecular flexibility index (Phi) is 6.45. The van der Waals surface area contributed by atoms with Crippen LogP contribution in [0.2, 0.25) is 0 Å². The van der Waals surface area contributed by atoms with Gasteiger partial charge in [-0.1, -0.05) is 6.92 Å². The van der Waals surface area contributed by atoms with E-state index in [0.717, 1.165) is 25.7 Å². The van der Waals surface area contributed by atoms with Gasteiger partial charge in [-0.15, -0.1) is 0 Å². The summed E-state index contributed by atoms with van der Waals surface area (Å²) in [5, 5.41) is 11.5. The van der Waals surface area contributed by atoms with Gasteiger partial charge in [0.25, 0.3) is 0 Å². The zero-order valence-corrected chi connectivity index (χ0v) is 12.7. The van der Waals surface area contributed by atoms with Gasteiger partial charge in [-0.2, -0.15) is 0 Å². The van der Waals surface area contributed by atoms with Crippen molar-refractivity contribution in [2.24, 2.45) is 11.7 Å². The lowest BCUT2D eigenvalue weighted by Crippen LogP contribution is -2.50. The highest BCUT2D eigenvalue weighted by atomic mass is 16.4. The van der Waals surface area contributed by atoms with Crippen molar-refractivity contribution in [1.29, 1.82) is 0 Å². The standard InChI is InChI=1S/C14H25N3O4/c1-9-3-5-10(6-4-9)17(2)14(21)16-11(13(19)20)7-8-12(15)18/h9-11H,3-8H2,1-2H3,(H2,15,18)(H,16,21)(H,19,20). The first-order valence-electron chi connectivity index (χ1n) is 7.35. The number of primary amides is 1. The summed E-state index contributed by atoms with van der Waals surface area (Å²) in [6.07, 6.45) is 3.96. The van der Waals surface area contributed by atoms with Gasteiger partial charge in [-0.3, -0.25) is 4.79 Å². The van der Waals surface area contributed by atoms with Gasteiger partial charge in [0.15, 0.2) is 0 Å². The predicted molar refractivity (Wildman–Crippen MR) is 77.6 cm³/mol. The second-order valence-corrected chi connectivity index (χ2v) is 5.87. The third-order valence-corrected chi connectivity index (χ3v) is 4.13. The highest BCUT2D eigenvalue weighted by Gasteiger charge is 2.27. The molecular formula is C14H25N3O4. The number of nitrogens with two attached hydrogens (primary N) is 1. The molecule has 0 radical (unpaired) electrons. The molecule has 0 saturated heterocycles. The summed E-state index contributed by atoms with van der Waals surface area (Å²) < 4.78 is 0. The van der Waals surface area contributed by atoms with Crippen molar-refractivity contribution in [1.82, 2.24) is 10.2 Å². The highest BCUT2D eigenvalue weighted by Crippen LogP contribution is 2.26. The molecule has 1 aliphatic rings. The number of urea groups is 1. The van der Waals surface area contributed by atoms with Crippen LogP contribution in [0.3, 0.4) is 0 Å². The van der Waals surface area contributed by atoms with Crippen molar-refractivity contribution in [2.75, 3.05) is 7.05 Å². The molecule has 0 aromatic carbocycles. The fourth-order valence-electron chi connectivity index (χ4n) is 2.59. The number of aliphatic carboxylic acids is 1. The number of hydrogen-bond acceptors (Lipinski definition) is 3. The molecule has 0 heterocycles. The fraction of sp³-hybridized carbons (Fsp3) is 0.786. The molecule has 3 amide bonds. The zero-order chi connectivity index (χ0) is 16.0. The largest absolute Gasteiger partial charge is 0.480 e. The second kappa shape index (κ2) is 7.85. The Balaban J connectivity index is 2.51. The lowest BCUT2D eigenvalue weighted by atomic mass is 9.87. The normalized spacial score (nSPS) is 23.1. The molecule has 21 heavy (non-hydrogen) atoms. The maximum atomic E-state index is 12.1. The molecule has 7 nitrogen and oxygen atoms in total. The van der Waals surface area contributed by atoms with E-state index >= 15 is 0 Å². The molecule has 1 saturated carbocycles. The minimum atomic E-state index is -1.16. The number of amides is 3. The second-order valence-electron chi connectivity index (χ2n) is 5.87. The van der Waals surface area contributed by atoms with Crippen LogP contribution < -0.4 is 11.1 Å². The van der Waals surface area contributed by atoms with Crippen molar-refractivity contribution in [2.45, 2.75) is 57.5 Å². The molecule has 1 aliphatic carbocycles. The van der Waals surface area contributed by atoms with Crippen LogP contribution >= 0.6 is 0 Å². The lowest BCUT2D eigenvalue weighted by molar-refractivity contribution is -0.139. The van der Waals surface area contributed by atoms with Crippen molar-refractivity contribution in [3.05, 3.63) is 0 Å². The van der Waals surface area contributed by atoms with Crippen LogP contribution in [0.5, 0.6) is 0 Å². The van der Waals surface area contributed by atoms with Crippen LogP contribution in [0, 0.1) is 5.92 Å². The summed E-state index contributed by atoms with van der Waals surface area (Å²) in [7, 11) is 1.68. The Morgan fingerprint density at radius 2 is 1.86 bits per heavy atom. The number of carboxylic acid groups (broad SMARTS) is 1. The van der Waals surface area contributed by atoms with Gasteiger partial charge in [-0.05, 0) is 38.0 Å². The average Bonchev–Trinajstić information content (AvgIpc) is 2.42. The number of nitrogens with one attached hydrogen (secondary N) is 1. The Hall–Kier alpha value is -1.79. The van der Waals surface area contributed by atoms with Crippen molar-refractivity contribution in [3.8, 4) is 0 Å². The molecule has 1 unspecified atom stereocenters. The lowest BCUT2D eigenvalue weighted by Gasteiger charge is -2.34.